The number of rotatable bonds is 3. The van der Waals surface area contributed by atoms with Gasteiger partial charge in [0.1, 0.15) is 0 Å². The molecular weight excluding hydrogens is 310 g/mol. The molecule has 20 heavy (non-hydrogen) atoms. The Hall–Kier alpha value is -1.28. The molecule has 104 valence electrons. The van der Waals surface area contributed by atoms with Gasteiger partial charge < -0.3 is 5.32 Å². The first-order valence-electron chi connectivity index (χ1n) is 7.32. The Morgan fingerprint density at radius 3 is 2.80 bits per heavy atom. The van der Waals surface area contributed by atoms with Crippen LogP contribution in [-0.4, -0.2) is 6.04 Å². The van der Waals surface area contributed by atoms with E-state index in [1.54, 1.807) is 0 Å². The molecule has 0 fully saturated rings. The highest BCUT2D eigenvalue weighted by atomic mass is 79.9. The molecule has 2 aromatic rings. The standard InChI is InChI=1S/C18H20BrN/c1-13-11-15-8-10-16(20-18(15)17(19)12-13)9-7-14-5-3-2-4-6-14/h2-6,11-12,16,20H,7-10H2,1H3. The summed E-state index contributed by atoms with van der Waals surface area (Å²) in [6.45, 7) is 2.16. The van der Waals surface area contributed by atoms with Crippen molar-refractivity contribution in [2.45, 2.75) is 38.6 Å². The third-order valence-electron chi connectivity index (χ3n) is 4.05. The van der Waals surface area contributed by atoms with Crippen LogP contribution < -0.4 is 5.32 Å². The van der Waals surface area contributed by atoms with E-state index in [9.17, 15) is 0 Å². The van der Waals surface area contributed by atoms with Gasteiger partial charge in [-0.2, -0.15) is 0 Å². The minimum absolute atomic E-state index is 0.585. The van der Waals surface area contributed by atoms with Crippen LogP contribution in [0.2, 0.25) is 0 Å². The van der Waals surface area contributed by atoms with Gasteiger partial charge >= 0.3 is 0 Å². The molecule has 1 aliphatic heterocycles. The number of hydrogen-bond donors (Lipinski definition) is 1. The molecule has 0 amide bonds. The van der Waals surface area contributed by atoms with Gasteiger partial charge in [-0.1, -0.05) is 36.4 Å². The Bertz CT molecular complexity index is 592. The summed E-state index contributed by atoms with van der Waals surface area (Å²) < 4.78 is 1.21. The molecule has 2 aromatic carbocycles. The van der Waals surface area contributed by atoms with Crippen molar-refractivity contribution in [1.29, 1.82) is 0 Å². The second-order valence-corrected chi connectivity index (χ2v) is 6.54. The van der Waals surface area contributed by atoms with Crippen molar-refractivity contribution in [2.24, 2.45) is 0 Å². The molecule has 0 saturated heterocycles. The first kappa shape index (κ1) is 13.7. The van der Waals surface area contributed by atoms with Crippen LogP contribution >= 0.6 is 15.9 Å². The van der Waals surface area contributed by atoms with E-state index in [-0.39, 0.29) is 0 Å². The van der Waals surface area contributed by atoms with Crippen molar-refractivity contribution in [3.8, 4) is 0 Å². The predicted octanol–water partition coefficient (Wildman–Crippen LogP) is 5.12. The first-order chi connectivity index (χ1) is 9.72. The molecule has 0 radical (unpaired) electrons. The quantitative estimate of drug-likeness (QED) is 0.824. The third-order valence-corrected chi connectivity index (χ3v) is 4.68. The highest BCUT2D eigenvalue weighted by Gasteiger charge is 2.19. The first-order valence-corrected chi connectivity index (χ1v) is 8.11. The van der Waals surface area contributed by atoms with Crippen LogP contribution in [-0.2, 0) is 12.8 Å². The zero-order chi connectivity index (χ0) is 13.9. The van der Waals surface area contributed by atoms with Crippen LogP contribution in [0.15, 0.2) is 46.9 Å². The molecule has 1 nitrogen and oxygen atoms in total. The molecule has 0 spiro atoms. The van der Waals surface area contributed by atoms with Crippen molar-refractivity contribution in [1.82, 2.24) is 0 Å². The molecule has 1 unspecified atom stereocenters. The second kappa shape index (κ2) is 6.01. The van der Waals surface area contributed by atoms with E-state index in [1.165, 1.54) is 46.1 Å². The largest absolute Gasteiger partial charge is 0.381 e. The Morgan fingerprint density at radius 2 is 2.00 bits per heavy atom. The summed E-state index contributed by atoms with van der Waals surface area (Å²) in [6, 6.07) is 15.9. The lowest BCUT2D eigenvalue weighted by molar-refractivity contribution is 0.586. The predicted molar refractivity (Wildman–Crippen MR) is 89.4 cm³/mol. The van der Waals surface area contributed by atoms with E-state index in [0.29, 0.717) is 6.04 Å². The van der Waals surface area contributed by atoms with E-state index >= 15 is 0 Å². The molecule has 1 N–H and O–H groups in total. The zero-order valence-corrected chi connectivity index (χ0v) is 13.4. The molecule has 1 aliphatic rings. The van der Waals surface area contributed by atoms with Crippen molar-refractivity contribution in [3.05, 3.63) is 63.6 Å². The summed E-state index contributed by atoms with van der Waals surface area (Å²) in [6.07, 6.45) is 4.76. The normalized spacial score (nSPS) is 17.4. The molecule has 2 heteroatoms. The monoisotopic (exact) mass is 329 g/mol. The van der Waals surface area contributed by atoms with E-state index in [4.69, 9.17) is 0 Å². The van der Waals surface area contributed by atoms with E-state index in [2.05, 4.69) is 70.6 Å². The number of aryl methyl sites for hydroxylation is 3. The Labute approximate surface area is 129 Å². The molecule has 1 atom stereocenters. The Kier molecular flexibility index (Phi) is 4.11. The fourth-order valence-electron chi connectivity index (χ4n) is 2.98. The molecular formula is C18H20BrN. The van der Waals surface area contributed by atoms with Gasteiger partial charge in [-0.3, -0.25) is 0 Å². The van der Waals surface area contributed by atoms with Gasteiger partial charge in [0.2, 0.25) is 0 Å². The fraction of sp³-hybridized carbons (Fsp3) is 0.333. The van der Waals surface area contributed by atoms with Gasteiger partial charge in [0.05, 0.1) is 5.69 Å². The van der Waals surface area contributed by atoms with Crippen LogP contribution in [0, 0.1) is 6.92 Å². The number of anilines is 1. The van der Waals surface area contributed by atoms with E-state index < -0.39 is 0 Å². The van der Waals surface area contributed by atoms with E-state index in [1.807, 2.05) is 0 Å². The summed E-state index contributed by atoms with van der Waals surface area (Å²) in [4.78, 5) is 0. The molecule has 1 heterocycles. The average Bonchev–Trinajstić information content (AvgIpc) is 2.46. The van der Waals surface area contributed by atoms with Crippen LogP contribution in [0.1, 0.15) is 29.5 Å². The topological polar surface area (TPSA) is 12.0 Å². The van der Waals surface area contributed by atoms with Crippen LogP contribution in [0.25, 0.3) is 0 Å². The van der Waals surface area contributed by atoms with Gasteiger partial charge in [-0.15, -0.1) is 0 Å². The fourth-order valence-corrected chi connectivity index (χ4v) is 3.71. The third kappa shape index (κ3) is 3.06. The lowest BCUT2D eigenvalue weighted by Crippen LogP contribution is -2.26. The van der Waals surface area contributed by atoms with Crippen LogP contribution in [0.3, 0.4) is 0 Å². The highest BCUT2D eigenvalue weighted by Crippen LogP contribution is 2.34. The highest BCUT2D eigenvalue weighted by molar-refractivity contribution is 9.10. The molecule has 0 aliphatic carbocycles. The second-order valence-electron chi connectivity index (χ2n) is 5.69. The van der Waals surface area contributed by atoms with Gasteiger partial charge in [0.15, 0.2) is 0 Å². The van der Waals surface area contributed by atoms with Crippen molar-refractivity contribution in [2.75, 3.05) is 5.32 Å². The maximum absolute atomic E-state index is 3.72. The zero-order valence-electron chi connectivity index (χ0n) is 11.8. The molecule has 0 saturated carbocycles. The Balaban J connectivity index is 1.67. The van der Waals surface area contributed by atoms with Crippen LogP contribution in [0.5, 0.6) is 0 Å². The minimum atomic E-state index is 0.585. The maximum atomic E-state index is 3.72. The van der Waals surface area contributed by atoms with Gasteiger partial charge in [0, 0.05) is 10.5 Å². The average molecular weight is 330 g/mol. The minimum Gasteiger partial charge on any atom is -0.381 e. The number of halogens is 1. The smallest absolute Gasteiger partial charge is 0.0519 e. The molecule has 0 bridgehead atoms. The van der Waals surface area contributed by atoms with Crippen LogP contribution in [0.4, 0.5) is 5.69 Å². The SMILES string of the molecule is Cc1cc(Br)c2c(c1)CCC(CCc1ccccc1)N2. The molecule has 3 rings (SSSR count). The van der Waals surface area contributed by atoms with Gasteiger partial charge in [-0.05, 0) is 71.3 Å². The van der Waals surface area contributed by atoms with Crippen molar-refractivity contribution in [3.63, 3.8) is 0 Å². The Morgan fingerprint density at radius 1 is 1.20 bits per heavy atom. The van der Waals surface area contributed by atoms with Gasteiger partial charge in [0.25, 0.3) is 0 Å². The summed E-state index contributed by atoms with van der Waals surface area (Å²) in [5.41, 5.74) is 5.52. The number of fused-ring (bicyclic) bond motifs is 1. The lowest BCUT2D eigenvalue weighted by Gasteiger charge is -2.28. The molecule has 0 aromatic heterocycles. The maximum Gasteiger partial charge on any atom is 0.0519 e. The number of benzene rings is 2. The summed E-state index contributed by atoms with van der Waals surface area (Å²) in [7, 11) is 0. The number of nitrogens with one attached hydrogen (secondary N) is 1. The lowest BCUT2D eigenvalue weighted by atomic mass is 9.93. The van der Waals surface area contributed by atoms with Crippen molar-refractivity contribution >= 4 is 21.6 Å². The van der Waals surface area contributed by atoms with Gasteiger partial charge in [-0.25, -0.2) is 0 Å². The van der Waals surface area contributed by atoms with Crippen molar-refractivity contribution < 1.29 is 0 Å². The van der Waals surface area contributed by atoms with E-state index in [0.717, 1.165) is 6.42 Å². The number of hydrogen-bond acceptors (Lipinski definition) is 1. The summed E-state index contributed by atoms with van der Waals surface area (Å²) in [5.74, 6) is 0. The summed E-state index contributed by atoms with van der Waals surface area (Å²) in [5, 5.41) is 3.72. The summed E-state index contributed by atoms with van der Waals surface area (Å²) >= 11 is 3.69.